The Hall–Kier alpha value is -0.710. The molecule has 1 aromatic carbocycles. The number of hydrogen-bond donors (Lipinski definition) is 0. The van der Waals surface area contributed by atoms with Crippen molar-refractivity contribution in [3.63, 3.8) is 0 Å². The van der Waals surface area contributed by atoms with Crippen molar-refractivity contribution in [2.24, 2.45) is 0 Å². The van der Waals surface area contributed by atoms with Crippen LogP contribution in [0, 0.1) is 0 Å². The van der Waals surface area contributed by atoms with E-state index >= 15 is 0 Å². The largest absolute Gasteiger partial charge is 0.285 e. The molecule has 0 fully saturated rings. The molecule has 6 heteroatoms. The van der Waals surface area contributed by atoms with Crippen molar-refractivity contribution in [1.82, 2.24) is 0 Å². The van der Waals surface area contributed by atoms with Crippen molar-refractivity contribution in [2.75, 3.05) is 0 Å². The average molecular weight is 235 g/mol. The van der Waals surface area contributed by atoms with Crippen molar-refractivity contribution < 1.29 is 0 Å². The summed E-state index contributed by atoms with van der Waals surface area (Å²) in [6, 6.07) is 0. The lowest BCUT2D eigenvalue weighted by Gasteiger charge is -1.71. The van der Waals surface area contributed by atoms with E-state index in [0.717, 1.165) is 11.3 Å². The predicted octanol–water partition coefficient (Wildman–Crippen LogP) is 1.16. The van der Waals surface area contributed by atoms with Gasteiger partial charge >= 0.3 is 0 Å². The van der Waals surface area contributed by atoms with E-state index in [1.807, 2.05) is 0 Å². The molecule has 0 saturated carbocycles. The fourth-order valence-electron chi connectivity index (χ4n) is 1.11. The summed E-state index contributed by atoms with van der Waals surface area (Å²) in [7, 11) is 0. The third kappa shape index (κ3) is 0.995. The maximum absolute atomic E-state index is 11.1. The number of thiophene rings is 1. The van der Waals surface area contributed by atoms with Gasteiger partial charge in [-0.1, -0.05) is 23.2 Å². The van der Waals surface area contributed by atoms with Crippen LogP contribution in [0.1, 0.15) is 0 Å². The van der Waals surface area contributed by atoms with E-state index in [0.29, 0.717) is 0 Å². The first-order valence-electron chi connectivity index (χ1n) is 3.15. The lowest BCUT2D eigenvalue weighted by molar-refractivity contribution is 1.56. The summed E-state index contributed by atoms with van der Waals surface area (Å²) in [6.07, 6.45) is 0. The molecule has 0 atom stereocenters. The highest BCUT2D eigenvalue weighted by molar-refractivity contribution is 7.21. The Morgan fingerprint density at radius 3 is 1.54 bits per heavy atom. The molecule has 0 amide bonds. The zero-order valence-electron chi connectivity index (χ0n) is 5.89. The van der Waals surface area contributed by atoms with Crippen LogP contribution in [0.15, 0.2) is 14.4 Å². The van der Waals surface area contributed by atoms with Crippen molar-refractivity contribution in [3.8, 4) is 0 Å². The molecule has 0 spiro atoms. The predicted molar refractivity (Wildman–Crippen MR) is 53.0 cm³/mol. The molecule has 1 aromatic heterocycles. The summed E-state index contributed by atoms with van der Waals surface area (Å²) < 4.78 is 0.202. The molecule has 0 saturated heterocycles. The van der Waals surface area contributed by atoms with E-state index in [1.165, 1.54) is 0 Å². The van der Waals surface area contributed by atoms with Crippen LogP contribution in [-0.4, -0.2) is 0 Å². The number of fused-ring (bicyclic) bond motifs is 1. The van der Waals surface area contributed by atoms with Gasteiger partial charge in [0.25, 0.3) is 5.43 Å². The molecule has 0 bridgehead atoms. The Labute approximate surface area is 84.8 Å². The molecule has 1 heterocycles. The number of rotatable bonds is 0. The molecule has 0 aliphatic carbocycles. The van der Waals surface area contributed by atoms with E-state index in [1.54, 1.807) is 0 Å². The van der Waals surface area contributed by atoms with Crippen LogP contribution in [0.25, 0.3) is 10.8 Å². The van der Waals surface area contributed by atoms with E-state index in [9.17, 15) is 14.4 Å². The lowest BCUT2D eigenvalue weighted by Crippen LogP contribution is -2.29. The third-order valence-corrected chi connectivity index (χ3v) is 3.30. The maximum Gasteiger partial charge on any atom is 0.274 e. The van der Waals surface area contributed by atoms with Crippen LogP contribution < -0.4 is 16.3 Å². The van der Waals surface area contributed by atoms with Crippen LogP contribution in [0.2, 0.25) is 8.67 Å². The average Bonchev–Trinajstić information content (AvgIpc) is 2.47. The first kappa shape index (κ1) is 8.87. The first-order chi connectivity index (χ1) is 6.04. The SMILES string of the molecule is O=c1c(=O)c2c(Cl)sc(Cl)c2c1=O. The summed E-state index contributed by atoms with van der Waals surface area (Å²) in [6.45, 7) is 0. The Kier molecular flexibility index (Phi) is 1.80. The minimum absolute atomic E-state index is 0.0355. The molecule has 3 nitrogen and oxygen atoms in total. The standard InChI is InChI=1S/C7Cl2O3S/c8-6-1-2(7(9)13-6)4(11)5(12)3(1)10. The van der Waals surface area contributed by atoms with Gasteiger partial charge in [0, 0.05) is 0 Å². The van der Waals surface area contributed by atoms with Gasteiger partial charge in [-0.3, -0.25) is 14.4 Å². The molecule has 2 aromatic rings. The minimum atomic E-state index is -1.05. The zero-order chi connectivity index (χ0) is 9.75. The molecule has 0 N–H and O–H groups in total. The Morgan fingerprint density at radius 2 is 1.15 bits per heavy atom. The van der Waals surface area contributed by atoms with Crippen LogP contribution in [0.4, 0.5) is 0 Å². The van der Waals surface area contributed by atoms with Crippen molar-refractivity contribution in [2.45, 2.75) is 0 Å². The Balaban J connectivity index is 3.35. The molecule has 0 radical (unpaired) electrons. The van der Waals surface area contributed by atoms with Gasteiger partial charge in [0.2, 0.25) is 10.9 Å². The number of hydrogen-bond acceptors (Lipinski definition) is 4. The molecular formula is C7Cl2O3S. The van der Waals surface area contributed by atoms with E-state index in [-0.39, 0.29) is 19.4 Å². The van der Waals surface area contributed by atoms with Gasteiger partial charge in [-0.25, -0.2) is 0 Å². The first-order valence-corrected chi connectivity index (χ1v) is 4.72. The van der Waals surface area contributed by atoms with Gasteiger partial charge in [0.15, 0.2) is 0 Å². The second kappa shape index (κ2) is 2.64. The van der Waals surface area contributed by atoms with E-state index in [4.69, 9.17) is 23.2 Å². The molecule has 0 aliphatic heterocycles. The summed E-state index contributed by atoms with van der Waals surface area (Å²) in [5.74, 6) is 0. The van der Waals surface area contributed by atoms with Gasteiger partial charge < -0.3 is 0 Å². The minimum Gasteiger partial charge on any atom is -0.285 e. The van der Waals surface area contributed by atoms with Crippen molar-refractivity contribution in [1.29, 1.82) is 0 Å². The number of halogens is 2. The molecule has 2 rings (SSSR count). The highest BCUT2D eigenvalue weighted by Crippen LogP contribution is 2.34. The second-order valence-electron chi connectivity index (χ2n) is 2.39. The van der Waals surface area contributed by atoms with E-state index in [2.05, 4.69) is 0 Å². The quantitative estimate of drug-likeness (QED) is 0.644. The van der Waals surface area contributed by atoms with Gasteiger partial charge in [-0.2, -0.15) is 0 Å². The summed E-state index contributed by atoms with van der Waals surface area (Å²) in [5, 5.41) is -0.0710. The van der Waals surface area contributed by atoms with Crippen LogP contribution in [0.5, 0.6) is 0 Å². The van der Waals surface area contributed by atoms with Crippen molar-refractivity contribution >= 4 is 45.3 Å². The van der Waals surface area contributed by atoms with Crippen LogP contribution in [0.3, 0.4) is 0 Å². The van der Waals surface area contributed by atoms with Crippen LogP contribution >= 0.6 is 34.5 Å². The smallest absolute Gasteiger partial charge is 0.274 e. The van der Waals surface area contributed by atoms with Gasteiger partial charge in [0.05, 0.1) is 10.8 Å². The Bertz CT molecular complexity index is 582. The molecular weight excluding hydrogens is 235 g/mol. The summed E-state index contributed by atoms with van der Waals surface area (Å²) in [5.41, 5.74) is -2.76. The molecule has 13 heavy (non-hydrogen) atoms. The normalized spacial score (nSPS) is 11.2. The summed E-state index contributed by atoms with van der Waals surface area (Å²) in [4.78, 5) is 33.2. The lowest BCUT2D eigenvalue weighted by atomic mass is 10.4. The van der Waals surface area contributed by atoms with E-state index < -0.39 is 16.3 Å². The van der Waals surface area contributed by atoms with Crippen molar-refractivity contribution in [3.05, 3.63) is 39.3 Å². The zero-order valence-corrected chi connectivity index (χ0v) is 8.22. The van der Waals surface area contributed by atoms with Gasteiger partial charge in [-0.15, -0.1) is 11.3 Å². The molecule has 66 valence electrons. The topological polar surface area (TPSA) is 51.2 Å². The molecule has 0 unspecified atom stereocenters. The van der Waals surface area contributed by atoms with Gasteiger partial charge in [-0.05, 0) is 0 Å². The molecule has 0 aliphatic rings. The third-order valence-electron chi connectivity index (χ3n) is 1.69. The maximum atomic E-state index is 11.1. The van der Waals surface area contributed by atoms with Gasteiger partial charge in [0.1, 0.15) is 8.67 Å². The Morgan fingerprint density at radius 1 is 0.769 bits per heavy atom. The second-order valence-corrected chi connectivity index (χ2v) is 4.61. The fourth-order valence-corrected chi connectivity index (χ4v) is 2.81. The van der Waals surface area contributed by atoms with Crippen LogP contribution in [-0.2, 0) is 0 Å². The monoisotopic (exact) mass is 234 g/mol. The summed E-state index contributed by atoms with van der Waals surface area (Å²) >= 11 is 12.2. The highest BCUT2D eigenvalue weighted by Gasteiger charge is 2.20. The fraction of sp³-hybridized carbons (Fsp3) is 0. The highest BCUT2D eigenvalue weighted by atomic mass is 35.5.